The van der Waals surface area contributed by atoms with Gasteiger partial charge in [-0.2, -0.15) is 0 Å². The minimum atomic E-state index is 0.00320. The SMILES string of the molecule is CC(C)NCC(C(C)C)N1CCOC(C)(C)C1. The van der Waals surface area contributed by atoms with Crippen molar-refractivity contribution in [2.24, 2.45) is 5.92 Å². The van der Waals surface area contributed by atoms with E-state index in [4.69, 9.17) is 4.74 Å². The summed E-state index contributed by atoms with van der Waals surface area (Å²) in [6, 6.07) is 1.17. The van der Waals surface area contributed by atoms with Gasteiger partial charge in [0.15, 0.2) is 0 Å². The summed E-state index contributed by atoms with van der Waals surface area (Å²) in [5, 5.41) is 3.57. The molecule has 3 nitrogen and oxygen atoms in total. The van der Waals surface area contributed by atoms with Crippen LogP contribution in [0.5, 0.6) is 0 Å². The molecule has 3 heteroatoms. The summed E-state index contributed by atoms with van der Waals surface area (Å²) in [6.45, 7) is 17.5. The van der Waals surface area contributed by atoms with Crippen LogP contribution in [0.2, 0.25) is 0 Å². The maximum atomic E-state index is 5.79. The third-order valence-corrected chi connectivity index (χ3v) is 3.43. The van der Waals surface area contributed by atoms with Crippen LogP contribution >= 0.6 is 0 Å². The first-order chi connectivity index (χ1) is 7.82. The Hall–Kier alpha value is -0.120. The van der Waals surface area contributed by atoms with Crippen molar-refractivity contribution in [3.63, 3.8) is 0 Å². The standard InChI is InChI=1S/C14H30N2O/c1-11(2)13(9-15-12(3)4)16-7-8-17-14(5,6)10-16/h11-13,15H,7-10H2,1-6H3. The van der Waals surface area contributed by atoms with E-state index in [1.807, 2.05) is 0 Å². The highest BCUT2D eigenvalue weighted by Gasteiger charge is 2.32. The van der Waals surface area contributed by atoms with Gasteiger partial charge in [0, 0.05) is 31.7 Å². The number of nitrogens with one attached hydrogen (secondary N) is 1. The van der Waals surface area contributed by atoms with Crippen molar-refractivity contribution in [2.75, 3.05) is 26.2 Å². The zero-order chi connectivity index (χ0) is 13.1. The fraction of sp³-hybridized carbons (Fsp3) is 1.00. The number of morpholine rings is 1. The van der Waals surface area contributed by atoms with Crippen molar-refractivity contribution < 1.29 is 4.74 Å². The summed E-state index contributed by atoms with van der Waals surface area (Å²) in [7, 11) is 0. The number of rotatable bonds is 5. The Morgan fingerprint density at radius 3 is 2.35 bits per heavy atom. The number of hydrogen-bond donors (Lipinski definition) is 1. The number of hydrogen-bond acceptors (Lipinski definition) is 3. The summed E-state index contributed by atoms with van der Waals surface area (Å²) < 4.78 is 5.79. The van der Waals surface area contributed by atoms with Crippen molar-refractivity contribution in [1.29, 1.82) is 0 Å². The average Bonchev–Trinajstić information content (AvgIpc) is 2.15. The predicted molar refractivity (Wildman–Crippen MR) is 73.4 cm³/mol. The van der Waals surface area contributed by atoms with Crippen LogP contribution in [0.25, 0.3) is 0 Å². The summed E-state index contributed by atoms with van der Waals surface area (Å²) in [5.74, 6) is 0.676. The molecule has 1 heterocycles. The molecular formula is C14H30N2O. The largest absolute Gasteiger partial charge is 0.373 e. The Bertz CT molecular complexity index is 226. The predicted octanol–water partition coefficient (Wildman–Crippen LogP) is 2.12. The minimum absolute atomic E-state index is 0.00320. The van der Waals surface area contributed by atoms with Crippen molar-refractivity contribution in [3.05, 3.63) is 0 Å². The molecule has 1 fully saturated rings. The van der Waals surface area contributed by atoms with Crippen molar-refractivity contribution >= 4 is 0 Å². The Labute approximate surface area is 107 Å². The fourth-order valence-corrected chi connectivity index (χ4v) is 2.48. The van der Waals surface area contributed by atoms with Crippen LogP contribution in [0.15, 0.2) is 0 Å². The second-order valence-corrected chi connectivity index (χ2v) is 6.45. The van der Waals surface area contributed by atoms with Gasteiger partial charge in [-0.05, 0) is 19.8 Å². The highest BCUT2D eigenvalue weighted by molar-refractivity contribution is 4.86. The first-order valence-corrected chi connectivity index (χ1v) is 6.93. The maximum Gasteiger partial charge on any atom is 0.0753 e. The van der Waals surface area contributed by atoms with Crippen LogP contribution in [0, 0.1) is 5.92 Å². The third-order valence-electron chi connectivity index (χ3n) is 3.43. The quantitative estimate of drug-likeness (QED) is 0.799. The molecule has 102 valence electrons. The normalized spacial score (nSPS) is 23.3. The lowest BCUT2D eigenvalue weighted by molar-refractivity contribution is -0.101. The van der Waals surface area contributed by atoms with Gasteiger partial charge in [-0.3, -0.25) is 4.90 Å². The number of ether oxygens (including phenoxy) is 1. The zero-order valence-corrected chi connectivity index (χ0v) is 12.4. The molecule has 17 heavy (non-hydrogen) atoms. The van der Waals surface area contributed by atoms with E-state index in [1.54, 1.807) is 0 Å². The Morgan fingerprint density at radius 2 is 1.88 bits per heavy atom. The minimum Gasteiger partial charge on any atom is -0.373 e. The van der Waals surface area contributed by atoms with E-state index in [-0.39, 0.29) is 5.60 Å². The lowest BCUT2D eigenvalue weighted by atomic mass is 9.98. The molecule has 0 radical (unpaired) electrons. The van der Waals surface area contributed by atoms with E-state index in [0.717, 1.165) is 26.2 Å². The second kappa shape index (κ2) is 6.17. The molecule has 0 spiro atoms. The third kappa shape index (κ3) is 4.94. The van der Waals surface area contributed by atoms with Crippen molar-refractivity contribution in [3.8, 4) is 0 Å². The van der Waals surface area contributed by atoms with Crippen LogP contribution in [-0.2, 0) is 4.74 Å². The molecule has 0 aromatic rings. The maximum absolute atomic E-state index is 5.79. The summed E-state index contributed by atoms with van der Waals surface area (Å²) in [4.78, 5) is 2.59. The summed E-state index contributed by atoms with van der Waals surface area (Å²) in [6.07, 6.45) is 0. The Balaban J connectivity index is 2.57. The Morgan fingerprint density at radius 1 is 1.24 bits per heavy atom. The molecule has 1 aliphatic heterocycles. The molecule has 1 atom stereocenters. The van der Waals surface area contributed by atoms with Gasteiger partial charge < -0.3 is 10.1 Å². The van der Waals surface area contributed by atoms with E-state index < -0.39 is 0 Å². The molecule has 0 amide bonds. The van der Waals surface area contributed by atoms with Gasteiger partial charge in [-0.15, -0.1) is 0 Å². The fourth-order valence-electron chi connectivity index (χ4n) is 2.48. The van der Waals surface area contributed by atoms with Crippen molar-refractivity contribution in [1.82, 2.24) is 10.2 Å². The van der Waals surface area contributed by atoms with E-state index in [2.05, 4.69) is 51.8 Å². The topological polar surface area (TPSA) is 24.5 Å². The molecule has 1 aliphatic rings. The molecule has 0 bridgehead atoms. The van der Waals surface area contributed by atoms with Crippen LogP contribution < -0.4 is 5.32 Å². The molecule has 1 saturated heterocycles. The first kappa shape index (κ1) is 14.9. The van der Waals surface area contributed by atoms with Crippen LogP contribution in [0.3, 0.4) is 0 Å². The van der Waals surface area contributed by atoms with Gasteiger partial charge in [0.05, 0.1) is 12.2 Å². The van der Waals surface area contributed by atoms with Crippen LogP contribution in [0.4, 0.5) is 0 Å². The molecule has 1 N–H and O–H groups in total. The lowest BCUT2D eigenvalue weighted by Crippen LogP contribution is -2.56. The highest BCUT2D eigenvalue weighted by atomic mass is 16.5. The van der Waals surface area contributed by atoms with Gasteiger partial charge in [-0.25, -0.2) is 0 Å². The highest BCUT2D eigenvalue weighted by Crippen LogP contribution is 2.21. The summed E-state index contributed by atoms with van der Waals surface area (Å²) >= 11 is 0. The molecule has 0 aromatic heterocycles. The molecule has 0 aliphatic carbocycles. The van der Waals surface area contributed by atoms with Crippen LogP contribution in [-0.4, -0.2) is 48.8 Å². The van der Waals surface area contributed by atoms with Gasteiger partial charge in [0.25, 0.3) is 0 Å². The average molecular weight is 242 g/mol. The van der Waals surface area contributed by atoms with Gasteiger partial charge >= 0.3 is 0 Å². The molecule has 1 rings (SSSR count). The first-order valence-electron chi connectivity index (χ1n) is 6.93. The van der Waals surface area contributed by atoms with Gasteiger partial charge in [-0.1, -0.05) is 27.7 Å². The monoisotopic (exact) mass is 242 g/mol. The smallest absolute Gasteiger partial charge is 0.0753 e. The molecule has 0 aromatic carbocycles. The number of nitrogens with zero attached hydrogens (tertiary/aromatic N) is 1. The van der Waals surface area contributed by atoms with Gasteiger partial charge in [0.2, 0.25) is 0 Å². The van der Waals surface area contributed by atoms with E-state index in [0.29, 0.717) is 18.0 Å². The van der Waals surface area contributed by atoms with E-state index in [9.17, 15) is 0 Å². The summed E-state index contributed by atoms with van der Waals surface area (Å²) in [5.41, 5.74) is 0.00320. The molecular weight excluding hydrogens is 212 g/mol. The molecule has 0 saturated carbocycles. The zero-order valence-electron chi connectivity index (χ0n) is 12.4. The van der Waals surface area contributed by atoms with E-state index in [1.165, 1.54) is 0 Å². The second-order valence-electron chi connectivity index (χ2n) is 6.45. The Kier molecular flexibility index (Phi) is 5.42. The lowest BCUT2D eigenvalue weighted by Gasteiger charge is -2.44. The van der Waals surface area contributed by atoms with Crippen molar-refractivity contribution in [2.45, 2.75) is 59.2 Å². The molecule has 1 unspecified atom stereocenters. The van der Waals surface area contributed by atoms with Gasteiger partial charge in [0.1, 0.15) is 0 Å². The van der Waals surface area contributed by atoms with Crippen LogP contribution in [0.1, 0.15) is 41.5 Å². The van der Waals surface area contributed by atoms with E-state index >= 15 is 0 Å².